The van der Waals surface area contributed by atoms with Crippen molar-refractivity contribution in [2.24, 2.45) is 0 Å². The molecule has 1 N–H and O–H groups in total. The molecule has 2 rings (SSSR count). The lowest BCUT2D eigenvalue weighted by Crippen LogP contribution is -2.00. The van der Waals surface area contributed by atoms with Crippen LogP contribution in [0.5, 0.6) is 0 Å². The molecule has 4 heteroatoms. The molecule has 1 heterocycles. The summed E-state index contributed by atoms with van der Waals surface area (Å²) in [5.74, 6) is 0. The molecule has 2 nitrogen and oxygen atoms in total. The molecule has 1 aromatic heterocycles. The van der Waals surface area contributed by atoms with Crippen LogP contribution in [0.4, 0.5) is 5.69 Å². The Morgan fingerprint density at radius 2 is 1.88 bits per heavy atom. The van der Waals surface area contributed by atoms with Crippen LogP contribution in [0, 0.1) is 0 Å². The first-order valence-corrected chi connectivity index (χ1v) is 6.43. The Bertz CT molecular complexity index is 472. The molecule has 82 valence electrons. The van der Waals surface area contributed by atoms with Crippen LogP contribution in [0.25, 0.3) is 0 Å². The molecule has 0 aliphatic rings. The number of aromatic nitrogens is 1. The van der Waals surface area contributed by atoms with E-state index in [0.717, 1.165) is 26.9 Å². The minimum absolute atomic E-state index is 0.747. The third-order valence-electron chi connectivity index (χ3n) is 2.14. The Morgan fingerprint density at radius 3 is 2.62 bits per heavy atom. The van der Waals surface area contributed by atoms with E-state index in [9.17, 15) is 0 Å². The molecule has 0 saturated heterocycles. The van der Waals surface area contributed by atoms with Gasteiger partial charge in [0.05, 0.1) is 0 Å². The average molecular weight is 342 g/mol. The van der Waals surface area contributed by atoms with Gasteiger partial charge in [0, 0.05) is 28.5 Å². The zero-order valence-corrected chi connectivity index (χ0v) is 11.6. The van der Waals surface area contributed by atoms with Crippen LogP contribution < -0.4 is 5.32 Å². The molecular formula is C12H10Br2N2. The van der Waals surface area contributed by atoms with Crippen molar-refractivity contribution in [2.75, 3.05) is 5.32 Å². The molecule has 0 amide bonds. The predicted octanol–water partition coefficient (Wildman–Crippen LogP) is 4.22. The van der Waals surface area contributed by atoms with Crippen LogP contribution in [0.2, 0.25) is 0 Å². The maximum atomic E-state index is 4.22. The molecule has 0 aliphatic heterocycles. The Balaban J connectivity index is 2.08. The Labute approximate surface area is 111 Å². The van der Waals surface area contributed by atoms with Crippen molar-refractivity contribution in [3.63, 3.8) is 0 Å². The van der Waals surface area contributed by atoms with Gasteiger partial charge in [0.2, 0.25) is 0 Å². The maximum Gasteiger partial charge on any atom is 0.111 e. The number of para-hydroxylation sites is 1. The quantitative estimate of drug-likeness (QED) is 0.845. The number of hydrogen-bond acceptors (Lipinski definition) is 2. The van der Waals surface area contributed by atoms with Crippen LogP contribution in [0.3, 0.4) is 0 Å². The van der Waals surface area contributed by atoms with Crippen molar-refractivity contribution in [1.29, 1.82) is 0 Å². The number of pyridine rings is 1. The molecule has 2 aromatic rings. The fraction of sp³-hybridized carbons (Fsp3) is 0.0833. The van der Waals surface area contributed by atoms with Crippen molar-refractivity contribution in [2.45, 2.75) is 6.54 Å². The predicted molar refractivity (Wildman–Crippen MR) is 73.4 cm³/mol. The van der Waals surface area contributed by atoms with Gasteiger partial charge in [-0.25, -0.2) is 4.98 Å². The molecule has 0 spiro atoms. The fourth-order valence-electron chi connectivity index (χ4n) is 1.34. The zero-order valence-electron chi connectivity index (χ0n) is 8.45. The highest BCUT2D eigenvalue weighted by molar-refractivity contribution is 9.11. The monoisotopic (exact) mass is 340 g/mol. The lowest BCUT2D eigenvalue weighted by molar-refractivity contribution is 1.08. The highest BCUT2D eigenvalue weighted by atomic mass is 79.9. The Morgan fingerprint density at radius 1 is 1.12 bits per heavy atom. The molecule has 16 heavy (non-hydrogen) atoms. The van der Waals surface area contributed by atoms with E-state index in [4.69, 9.17) is 0 Å². The van der Waals surface area contributed by atoms with E-state index in [1.54, 1.807) is 6.20 Å². The smallest absolute Gasteiger partial charge is 0.111 e. The molecule has 0 fully saturated rings. The van der Waals surface area contributed by atoms with Crippen LogP contribution in [0.1, 0.15) is 5.56 Å². The van der Waals surface area contributed by atoms with Gasteiger partial charge in [-0.05, 0) is 50.1 Å². The van der Waals surface area contributed by atoms with E-state index in [0.29, 0.717) is 0 Å². The molecule has 0 atom stereocenters. The topological polar surface area (TPSA) is 24.9 Å². The van der Waals surface area contributed by atoms with Crippen molar-refractivity contribution >= 4 is 37.5 Å². The second-order valence-electron chi connectivity index (χ2n) is 3.32. The summed E-state index contributed by atoms with van der Waals surface area (Å²) in [5.41, 5.74) is 2.23. The second kappa shape index (κ2) is 5.46. The van der Waals surface area contributed by atoms with Crippen molar-refractivity contribution in [3.8, 4) is 0 Å². The molecule has 0 aliphatic carbocycles. The van der Waals surface area contributed by atoms with Gasteiger partial charge in [0.1, 0.15) is 4.60 Å². The average Bonchev–Trinajstić information content (AvgIpc) is 2.32. The summed E-state index contributed by atoms with van der Waals surface area (Å²) in [4.78, 5) is 4.22. The summed E-state index contributed by atoms with van der Waals surface area (Å²) in [6.45, 7) is 0.747. The molecule has 0 radical (unpaired) electrons. The first kappa shape index (κ1) is 11.6. The summed E-state index contributed by atoms with van der Waals surface area (Å²) in [6, 6.07) is 12.2. The normalized spacial score (nSPS) is 10.1. The van der Waals surface area contributed by atoms with Crippen molar-refractivity contribution < 1.29 is 0 Å². The highest BCUT2D eigenvalue weighted by Crippen LogP contribution is 2.19. The van der Waals surface area contributed by atoms with Gasteiger partial charge >= 0.3 is 0 Å². The highest BCUT2D eigenvalue weighted by Gasteiger charge is 2.01. The first-order chi connectivity index (χ1) is 7.75. The van der Waals surface area contributed by atoms with Gasteiger partial charge < -0.3 is 5.32 Å². The minimum Gasteiger partial charge on any atom is -0.381 e. The Hall–Kier alpha value is -0.870. The zero-order chi connectivity index (χ0) is 11.4. The van der Waals surface area contributed by atoms with E-state index < -0.39 is 0 Å². The minimum atomic E-state index is 0.747. The maximum absolute atomic E-state index is 4.22. The van der Waals surface area contributed by atoms with Crippen molar-refractivity contribution in [1.82, 2.24) is 4.98 Å². The van der Waals surface area contributed by atoms with Gasteiger partial charge in [0.25, 0.3) is 0 Å². The van der Waals surface area contributed by atoms with Gasteiger partial charge in [-0.3, -0.25) is 0 Å². The van der Waals surface area contributed by atoms with Gasteiger partial charge in [-0.15, -0.1) is 0 Å². The number of nitrogens with zero attached hydrogens (tertiary/aromatic N) is 1. The number of rotatable bonds is 3. The van der Waals surface area contributed by atoms with E-state index >= 15 is 0 Å². The summed E-state index contributed by atoms with van der Waals surface area (Å²) >= 11 is 6.84. The van der Waals surface area contributed by atoms with Gasteiger partial charge in [-0.1, -0.05) is 18.2 Å². The molecular weight excluding hydrogens is 332 g/mol. The van der Waals surface area contributed by atoms with Crippen LogP contribution in [-0.2, 0) is 6.54 Å². The lowest BCUT2D eigenvalue weighted by atomic mass is 10.2. The number of anilines is 1. The van der Waals surface area contributed by atoms with Crippen molar-refractivity contribution in [3.05, 3.63) is 57.2 Å². The SMILES string of the molecule is Brc1cnc(Br)c(CNc2ccccc2)c1. The van der Waals surface area contributed by atoms with E-state index in [2.05, 4.69) is 42.2 Å². The summed E-state index contributed by atoms with van der Waals surface area (Å²) in [5, 5.41) is 3.34. The number of benzene rings is 1. The standard InChI is InChI=1S/C12H10Br2N2/c13-10-6-9(12(14)16-8-10)7-15-11-4-2-1-3-5-11/h1-6,8,15H,7H2. The number of hydrogen-bond donors (Lipinski definition) is 1. The van der Waals surface area contributed by atoms with Crippen LogP contribution >= 0.6 is 31.9 Å². The second-order valence-corrected chi connectivity index (χ2v) is 4.99. The Kier molecular flexibility index (Phi) is 3.96. The number of halogens is 2. The lowest BCUT2D eigenvalue weighted by Gasteiger charge is -2.07. The molecule has 1 aromatic carbocycles. The number of nitrogens with one attached hydrogen (secondary N) is 1. The first-order valence-electron chi connectivity index (χ1n) is 4.84. The third kappa shape index (κ3) is 3.06. The van der Waals surface area contributed by atoms with Crippen LogP contribution in [0.15, 0.2) is 51.7 Å². The van der Waals surface area contributed by atoms with Gasteiger partial charge in [-0.2, -0.15) is 0 Å². The molecule has 0 saturated carbocycles. The summed E-state index contributed by atoms with van der Waals surface area (Å²) in [7, 11) is 0. The van der Waals surface area contributed by atoms with Gasteiger partial charge in [0.15, 0.2) is 0 Å². The molecule has 0 unspecified atom stereocenters. The summed E-state index contributed by atoms with van der Waals surface area (Å²) < 4.78 is 1.86. The third-order valence-corrected chi connectivity index (χ3v) is 3.28. The summed E-state index contributed by atoms with van der Waals surface area (Å²) in [6.07, 6.45) is 1.77. The van der Waals surface area contributed by atoms with E-state index in [-0.39, 0.29) is 0 Å². The van der Waals surface area contributed by atoms with Crippen LogP contribution in [-0.4, -0.2) is 4.98 Å². The fourth-order valence-corrected chi connectivity index (χ4v) is 2.08. The molecule has 0 bridgehead atoms. The van der Waals surface area contributed by atoms with E-state index in [1.807, 2.05) is 36.4 Å². The van der Waals surface area contributed by atoms with E-state index in [1.165, 1.54) is 0 Å². The largest absolute Gasteiger partial charge is 0.381 e.